The van der Waals surface area contributed by atoms with Crippen LogP contribution >= 0.6 is 0 Å². The second kappa shape index (κ2) is 9.56. The van der Waals surface area contributed by atoms with Gasteiger partial charge in [0, 0.05) is 37.8 Å². The molecular weight excluding hydrogens is 410 g/mol. The van der Waals surface area contributed by atoms with Gasteiger partial charge >= 0.3 is 5.97 Å². The number of aromatic nitrogens is 5. The van der Waals surface area contributed by atoms with Crippen molar-refractivity contribution in [3.8, 4) is 5.82 Å². The second-order valence-corrected chi connectivity index (χ2v) is 8.73. The van der Waals surface area contributed by atoms with E-state index in [1.54, 1.807) is 6.92 Å². The van der Waals surface area contributed by atoms with Crippen LogP contribution in [0.3, 0.4) is 0 Å². The number of rotatable bonds is 9. The molecule has 10 nitrogen and oxygen atoms in total. The highest BCUT2D eigenvalue weighted by atomic mass is 16.5. The van der Waals surface area contributed by atoms with Crippen LogP contribution in [-0.4, -0.2) is 68.6 Å². The number of pyridine rings is 1. The standard InChI is InChI=1S/C22H29N7O3/c1-16-19(13-32-21(16)31)28(2)10-9-22(14-30)7-5-18(6-8-22)23-11-17-3-4-20(24-12-17)29-15-25-26-27-29/h3-4,12,14-15,18,23H,5-11,13H2,1-2H3/t18-,22+. The Morgan fingerprint density at radius 1 is 1.34 bits per heavy atom. The van der Waals surface area contributed by atoms with E-state index in [2.05, 4.69) is 30.7 Å². The number of esters is 1. The van der Waals surface area contributed by atoms with Gasteiger partial charge in [-0.25, -0.2) is 9.78 Å². The fourth-order valence-electron chi connectivity index (χ4n) is 4.40. The Labute approximate surface area is 187 Å². The van der Waals surface area contributed by atoms with E-state index in [0.29, 0.717) is 24.0 Å². The molecule has 2 aromatic heterocycles. The first kappa shape index (κ1) is 22.1. The molecule has 2 aliphatic rings. The summed E-state index contributed by atoms with van der Waals surface area (Å²) in [6.07, 6.45) is 8.93. The molecule has 1 aliphatic heterocycles. The van der Waals surface area contributed by atoms with Crippen molar-refractivity contribution in [1.82, 2.24) is 35.4 Å². The number of nitrogens with one attached hydrogen (secondary N) is 1. The third-order valence-corrected chi connectivity index (χ3v) is 6.70. The van der Waals surface area contributed by atoms with Crippen molar-refractivity contribution in [1.29, 1.82) is 0 Å². The van der Waals surface area contributed by atoms with Gasteiger partial charge in [-0.3, -0.25) is 0 Å². The van der Waals surface area contributed by atoms with Crippen molar-refractivity contribution in [3.63, 3.8) is 0 Å². The van der Waals surface area contributed by atoms with Gasteiger partial charge in [-0.1, -0.05) is 6.07 Å². The molecule has 0 radical (unpaired) electrons. The highest BCUT2D eigenvalue weighted by molar-refractivity contribution is 5.90. The molecule has 0 unspecified atom stereocenters. The van der Waals surface area contributed by atoms with Crippen LogP contribution in [0.4, 0.5) is 0 Å². The summed E-state index contributed by atoms with van der Waals surface area (Å²) < 4.78 is 6.62. The third-order valence-electron chi connectivity index (χ3n) is 6.70. The van der Waals surface area contributed by atoms with Gasteiger partial charge in [0.2, 0.25) is 0 Å². The molecule has 1 fully saturated rings. The van der Waals surface area contributed by atoms with Gasteiger partial charge in [0.1, 0.15) is 19.2 Å². The fourth-order valence-corrected chi connectivity index (χ4v) is 4.40. The lowest BCUT2D eigenvalue weighted by molar-refractivity contribution is -0.136. The number of hydrogen-bond donors (Lipinski definition) is 1. The maximum absolute atomic E-state index is 12.0. The molecule has 0 bridgehead atoms. The summed E-state index contributed by atoms with van der Waals surface area (Å²) in [4.78, 5) is 30.1. The van der Waals surface area contributed by atoms with Gasteiger partial charge in [0.15, 0.2) is 5.82 Å². The van der Waals surface area contributed by atoms with Crippen molar-refractivity contribution < 1.29 is 14.3 Å². The van der Waals surface area contributed by atoms with Crippen LogP contribution < -0.4 is 5.32 Å². The normalized spacial score (nSPS) is 23.3. The Bertz CT molecular complexity index is 964. The Kier molecular flexibility index (Phi) is 6.59. The molecule has 0 atom stereocenters. The van der Waals surface area contributed by atoms with Gasteiger partial charge in [0.25, 0.3) is 0 Å². The largest absolute Gasteiger partial charge is 0.456 e. The van der Waals surface area contributed by atoms with Gasteiger partial charge in [0.05, 0.1) is 11.3 Å². The number of aldehydes is 1. The number of hydrogen-bond acceptors (Lipinski definition) is 9. The molecule has 170 valence electrons. The topological polar surface area (TPSA) is 115 Å². The Balaban J connectivity index is 1.24. The number of tetrazole rings is 1. The smallest absolute Gasteiger partial charge is 0.335 e. The lowest BCUT2D eigenvalue weighted by Crippen LogP contribution is -2.39. The zero-order chi connectivity index (χ0) is 22.6. The van der Waals surface area contributed by atoms with Gasteiger partial charge in [-0.2, -0.15) is 4.68 Å². The maximum atomic E-state index is 12.0. The predicted molar refractivity (Wildman–Crippen MR) is 115 cm³/mol. The predicted octanol–water partition coefficient (Wildman–Crippen LogP) is 1.43. The zero-order valence-electron chi connectivity index (χ0n) is 18.5. The van der Waals surface area contributed by atoms with Crippen LogP contribution in [0.5, 0.6) is 0 Å². The second-order valence-electron chi connectivity index (χ2n) is 8.73. The summed E-state index contributed by atoms with van der Waals surface area (Å²) in [5.74, 6) is 0.431. The van der Waals surface area contributed by atoms with Crippen LogP contribution in [0.1, 0.15) is 44.6 Å². The minimum absolute atomic E-state index is 0.247. The van der Waals surface area contributed by atoms with E-state index in [9.17, 15) is 9.59 Å². The Morgan fingerprint density at radius 2 is 2.16 bits per heavy atom. The minimum Gasteiger partial charge on any atom is -0.456 e. The summed E-state index contributed by atoms with van der Waals surface area (Å²) in [5.41, 5.74) is 2.39. The van der Waals surface area contributed by atoms with E-state index in [-0.39, 0.29) is 11.4 Å². The first-order valence-electron chi connectivity index (χ1n) is 11.0. The van der Waals surface area contributed by atoms with E-state index >= 15 is 0 Å². The maximum Gasteiger partial charge on any atom is 0.335 e. The van der Waals surface area contributed by atoms with Gasteiger partial charge < -0.3 is 19.7 Å². The number of ether oxygens (including phenoxy) is 1. The van der Waals surface area contributed by atoms with Gasteiger partial charge in [-0.15, -0.1) is 5.10 Å². The summed E-state index contributed by atoms with van der Waals surface area (Å²) in [5, 5.41) is 14.7. The number of carbonyl (C=O) groups is 2. The van der Waals surface area contributed by atoms with Crippen molar-refractivity contribution in [2.75, 3.05) is 20.2 Å². The van der Waals surface area contributed by atoms with Crippen LogP contribution in [0.15, 0.2) is 35.9 Å². The molecule has 0 amide bonds. The molecule has 2 aromatic rings. The van der Waals surface area contributed by atoms with Gasteiger partial charge in [-0.05, 0) is 61.1 Å². The number of carbonyl (C=O) groups excluding carboxylic acids is 2. The summed E-state index contributed by atoms with van der Waals surface area (Å²) >= 11 is 0. The summed E-state index contributed by atoms with van der Waals surface area (Å²) in [6, 6.07) is 4.28. The molecule has 32 heavy (non-hydrogen) atoms. The molecule has 0 spiro atoms. The lowest BCUT2D eigenvalue weighted by atomic mass is 9.71. The molecule has 1 saturated carbocycles. The van der Waals surface area contributed by atoms with Crippen molar-refractivity contribution in [2.24, 2.45) is 5.41 Å². The van der Waals surface area contributed by atoms with Crippen LogP contribution in [0, 0.1) is 5.41 Å². The highest BCUT2D eigenvalue weighted by Crippen LogP contribution is 2.38. The van der Waals surface area contributed by atoms with E-state index in [4.69, 9.17) is 4.74 Å². The average Bonchev–Trinajstić information content (AvgIpc) is 3.48. The third kappa shape index (κ3) is 4.85. The summed E-state index contributed by atoms with van der Waals surface area (Å²) in [6.45, 7) is 3.58. The molecule has 4 rings (SSSR count). The van der Waals surface area contributed by atoms with E-state index in [1.165, 1.54) is 11.0 Å². The van der Waals surface area contributed by atoms with Crippen LogP contribution in [-0.2, 0) is 20.9 Å². The van der Waals surface area contributed by atoms with E-state index in [1.807, 2.05) is 25.4 Å². The zero-order valence-corrected chi connectivity index (χ0v) is 18.5. The number of cyclic esters (lactones) is 1. The lowest BCUT2D eigenvalue weighted by Gasteiger charge is -2.37. The van der Waals surface area contributed by atoms with Crippen molar-refractivity contribution >= 4 is 12.3 Å². The van der Waals surface area contributed by atoms with Crippen molar-refractivity contribution in [3.05, 3.63) is 41.5 Å². The molecular formula is C22H29N7O3. The first-order valence-corrected chi connectivity index (χ1v) is 11.0. The molecule has 10 heteroatoms. The van der Waals surface area contributed by atoms with E-state index < -0.39 is 0 Å². The number of nitrogens with zero attached hydrogens (tertiary/aromatic N) is 6. The number of likely N-dealkylation sites (N-methyl/N-ethyl adjacent to an activating group) is 1. The fraction of sp³-hybridized carbons (Fsp3) is 0.545. The van der Waals surface area contributed by atoms with Crippen LogP contribution in [0.2, 0.25) is 0 Å². The molecule has 3 heterocycles. The first-order chi connectivity index (χ1) is 15.5. The Morgan fingerprint density at radius 3 is 2.75 bits per heavy atom. The summed E-state index contributed by atoms with van der Waals surface area (Å²) in [7, 11) is 1.96. The quantitative estimate of drug-likeness (QED) is 0.457. The SMILES string of the molecule is CC1=C(N(C)CC[C@]2(C=O)CC[C@@H](NCc3ccc(-n4cnnn4)nc3)CC2)COC1=O. The minimum atomic E-state index is -0.292. The van der Waals surface area contributed by atoms with E-state index in [0.717, 1.165) is 62.7 Å². The average molecular weight is 440 g/mol. The van der Waals surface area contributed by atoms with Crippen LogP contribution in [0.25, 0.3) is 5.82 Å². The molecule has 1 N–H and O–H groups in total. The molecule has 0 aromatic carbocycles. The van der Waals surface area contributed by atoms with Crippen molar-refractivity contribution in [2.45, 2.75) is 51.6 Å². The highest BCUT2D eigenvalue weighted by Gasteiger charge is 2.35. The molecule has 1 aliphatic carbocycles. The Hall–Kier alpha value is -3.14. The monoisotopic (exact) mass is 439 g/mol. The molecule has 0 saturated heterocycles.